The Hall–Kier alpha value is -1.68. The molecule has 2 aromatic rings. The minimum absolute atomic E-state index is 0.325. The Morgan fingerprint density at radius 3 is 2.32 bits per heavy atom. The van der Waals surface area contributed by atoms with Crippen LogP contribution >= 0.6 is 11.6 Å². The molecule has 1 nitrogen and oxygen atoms in total. The van der Waals surface area contributed by atoms with Gasteiger partial charge in [0, 0.05) is 17.3 Å². The Kier molecular flexibility index (Phi) is 4.00. The first-order valence-electron chi connectivity index (χ1n) is 5.61. The zero-order chi connectivity index (χ0) is 13.9. The van der Waals surface area contributed by atoms with Gasteiger partial charge >= 0.3 is 6.18 Å². The van der Waals surface area contributed by atoms with Crippen molar-refractivity contribution in [2.45, 2.75) is 12.7 Å². The van der Waals surface area contributed by atoms with Crippen molar-refractivity contribution < 1.29 is 13.2 Å². The summed E-state index contributed by atoms with van der Waals surface area (Å²) in [5.74, 6) is 0. The van der Waals surface area contributed by atoms with E-state index in [0.29, 0.717) is 17.1 Å². The monoisotopic (exact) mass is 285 g/mol. The lowest BCUT2D eigenvalue weighted by Gasteiger charge is -2.10. The first-order chi connectivity index (χ1) is 8.95. The van der Waals surface area contributed by atoms with E-state index in [-0.39, 0.29) is 0 Å². The number of halogens is 4. The van der Waals surface area contributed by atoms with Gasteiger partial charge in [0.05, 0.1) is 5.56 Å². The standard InChI is InChI=1S/C14H11ClF3N/c15-12-4-6-13(7-5-12)19-9-10-2-1-3-11(8-10)14(16,17)18/h1-8,19H,9H2. The molecule has 100 valence electrons. The molecule has 0 saturated heterocycles. The van der Waals surface area contributed by atoms with Crippen LogP contribution in [0.25, 0.3) is 0 Å². The molecule has 0 aliphatic heterocycles. The van der Waals surface area contributed by atoms with Crippen molar-refractivity contribution in [2.75, 3.05) is 5.32 Å². The number of hydrogen-bond acceptors (Lipinski definition) is 1. The van der Waals surface area contributed by atoms with Crippen molar-refractivity contribution in [3.63, 3.8) is 0 Å². The molecule has 0 spiro atoms. The molecule has 0 aliphatic carbocycles. The summed E-state index contributed by atoms with van der Waals surface area (Å²) in [5.41, 5.74) is 0.745. The molecule has 0 radical (unpaired) electrons. The zero-order valence-corrected chi connectivity index (χ0v) is 10.6. The smallest absolute Gasteiger partial charge is 0.381 e. The SMILES string of the molecule is FC(F)(F)c1cccc(CNc2ccc(Cl)cc2)c1. The van der Waals surface area contributed by atoms with E-state index in [1.54, 1.807) is 30.3 Å². The van der Waals surface area contributed by atoms with Crippen LogP contribution < -0.4 is 5.32 Å². The van der Waals surface area contributed by atoms with Gasteiger partial charge in [-0.2, -0.15) is 13.2 Å². The van der Waals surface area contributed by atoms with Crippen LogP contribution in [-0.2, 0) is 12.7 Å². The van der Waals surface area contributed by atoms with Crippen LogP contribution in [0.15, 0.2) is 48.5 Å². The Bertz CT molecular complexity index is 549. The highest BCUT2D eigenvalue weighted by Crippen LogP contribution is 2.29. The molecule has 19 heavy (non-hydrogen) atoms. The van der Waals surface area contributed by atoms with Gasteiger partial charge in [-0.05, 0) is 42.0 Å². The molecule has 0 fully saturated rings. The number of rotatable bonds is 3. The maximum Gasteiger partial charge on any atom is 0.416 e. The second kappa shape index (κ2) is 5.53. The Balaban J connectivity index is 2.05. The Morgan fingerprint density at radius 1 is 1.00 bits per heavy atom. The summed E-state index contributed by atoms with van der Waals surface area (Å²) in [7, 11) is 0. The quantitative estimate of drug-likeness (QED) is 0.839. The summed E-state index contributed by atoms with van der Waals surface area (Å²) >= 11 is 5.75. The van der Waals surface area contributed by atoms with Gasteiger partial charge in [-0.1, -0.05) is 23.7 Å². The van der Waals surface area contributed by atoms with Gasteiger partial charge in [0.15, 0.2) is 0 Å². The molecule has 0 bridgehead atoms. The van der Waals surface area contributed by atoms with Crippen LogP contribution in [0.2, 0.25) is 5.02 Å². The van der Waals surface area contributed by atoms with Gasteiger partial charge in [0.2, 0.25) is 0 Å². The first kappa shape index (κ1) is 13.7. The lowest BCUT2D eigenvalue weighted by molar-refractivity contribution is -0.137. The molecule has 0 unspecified atom stereocenters. The van der Waals surface area contributed by atoms with Gasteiger partial charge in [-0.25, -0.2) is 0 Å². The van der Waals surface area contributed by atoms with Crippen LogP contribution in [0.1, 0.15) is 11.1 Å². The third-order valence-corrected chi connectivity index (χ3v) is 2.85. The molecule has 0 amide bonds. The van der Waals surface area contributed by atoms with Crippen molar-refractivity contribution in [3.8, 4) is 0 Å². The molecule has 2 rings (SSSR count). The average Bonchev–Trinajstić information content (AvgIpc) is 2.37. The fourth-order valence-electron chi connectivity index (χ4n) is 1.63. The Morgan fingerprint density at radius 2 is 1.68 bits per heavy atom. The molecule has 2 aromatic carbocycles. The number of hydrogen-bond donors (Lipinski definition) is 1. The van der Waals surface area contributed by atoms with E-state index in [1.807, 2.05) is 0 Å². The zero-order valence-electron chi connectivity index (χ0n) is 9.84. The predicted molar refractivity (Wildman–Crippen MR) is 70.2 cm³/mol. The summed E-state index contributed by atoms with van der Waals surface area (Å²) in [6, 6.07) is 12.2. The van der Waals surface area contributed by atoms with E-state index in [9.17, 15) is 13.2 Å². The predicted octanol–water partition coefficient (Wildman–Crippen LogP) is 4.97. The van der Waals surface area contributed by atoms with Gasteiger partial charge < -0.3 is 5.32 Å². The van der Waals surface area contributed by atoms with Crippen LogP contribution in [0.5, 0.6) is 0 Å². The first-order valence-corrected chi connectivity index (χ1v) is 5.98. The molecule has 0 saturated carbocycles. The van der Waals surface area contributed by atoms with Crippen LogP contribution in [0.3, 0.4) is 0 Å². The third-order valence-electron chi connectivity index (χ3n) is 2.60. The number of nitrogens with one attached hydrogen (secondary N) is 1. The second-order valence-electron chi connectivity index (χ2n) is 4.06. The van der Waals surface area contributed by atoms with Crippen LogP contribution in [-0.4, -0.2) is 0 Å². The fourth-order valence-corrected chi connectivity index (χ4v) is 1.76. The van der Waals surface area contributed by atoms with E-state index in [4.69, 9.17) is 11.6 Å². The average molecular weight is 286 g/mol. The third kappa shape index (κ3) is 3.89. The highest BCUT2D eigenvalue weighted by atomic mass is 35.5. The largest absolute Gasteiger partial charge is 0.416 e. The van der Waals surface area contributed by atoms with Gasteiger partial charge in [0.1, 0.15) is 0 Å². The topological polar surface area (TPSA) is 12.0 Å². The van der Waals surface area contributed by atoms with Crippen molar-refractivity contribution in [2.24, 2.45) is 0 Å². The van der Waals surface area contributed by atoms with Crippen molar-refractivity contribution in [1.29, 1.82) is 0 Å². The van der Waals surface area contributed by atoms with Crippen molar-refractivity contribution in [1.82, 2.24) is 0 Å². The maximum atomic E-state index is 12.5. The summed E-state index contributed by atoms with van der Waals surface area (Å²) in [5, 5.41) is 3.66. The molecular formula is C14H11ClF3N. The van der Waals surface area contributed by atoms with Crippen LogP contribution in [0, 0.1) is 0 Å². The lowest BCUT2D eigenvalue weighted by atomic mass is 10.1. The summed E-state index contributed by atoms with van der Waals surface area (Å²) in [6.07, 6.45) is -4.31. The maximum absolute atomic E-state index is 12.5. The summed E-state index contributed by atoms with van der Waals surface area (Å²) in [4.78, 5) is 0. The molecule has 1 N–H and O–H groups in total. The van der Waals surface area contributed by atoms with E-state index < -0.39 is 11.7 Å². The molecular weight excluding hydrogens is 275 g/mol. The number of benzene rings is 2. The highest BCUT2D eigenvalue weighted by Gasteiger charge is 2.30. The van der Waals surface area contributed by atoms with Gasteiger partial charge in [-0.3, -0.25) is 0 Å². The highest BCUT2D eigenvalue weighted by molar-refractivity contribution is 6.30. The molecule has 5 heteroatoms. The second-order valence-corrected chi connectivity index (χ2v) is 4.50. The van der Waals surface area contributed by atoms with Gasteiger partial charge in [0.25, 0.3) is 0 Å². The summed E-state index contributed by atoms with van der Waals surface area (Å²) < 4.78 is 37.6. The molecule has 0 atom stereocenters. The fraction of sp³-hybridized carbons (Fsp3) is 0.143. The lowest BCUT2D eigenvalue weighted by Crippen LogP contribution is -2.06. The van der Waals surface area contributed by atoms with Crippen molar-refractivity contribution in [3.05, 3.63) is 64.7 Å². The minimum Gasteiger partial charge on any atom is -0.381 e. The van der Waals surface area contributed by atoms with E-state index in [2.05, 4.69) is 5.32 Å². The van der Waals surface area contributed by atoms with E-state index >= 15 is 0 Å². The van der Waals surface area contributed by atoms with Gasteiger partial charge in [-0.15, -0.1) is 0 Å². The Labute approximate surface area is 114 Å². The van der Waals surface area contributed by atoms with E-state index in [0.717, 1.165) is 17.8 Å². The van der Waals surface area contributed by atoms with Crippen molar-refractivity contribution >= 4 is 17.3 Å². The molecule has 0 aromatic heterocycles. The molecule has 0 aliphatic rings. The number of anilines is 1. The summed E-state index contributed by atoms with van der Waals surface area (Å²) in [6.45, 7) is 0.325. The van der Waals surface area contributed by atoms with Crippen LogP contribution in [0.4, 0.5) is 18.9 Å². The normalized spacial score (nSPS) is 11.4. The number of alkyl halides is 3. The molecule has 0 heterocycles. The minimum atomic E-state index is -4.31. The van der Waals surface area contributed by atoms with E-state index in [1.165, 1.54) is 6.07 Å².